The van der Waals surface area contributed by atoms with Crippen molar-refractivity contribution in [3.63, 3.8) is 0 Å². The predicted molar refractivity (Wildman–Crippen MR) is 65.3 cm³/mol. The molecule has 0 aliphatic heterocycles. The molecule has 0 radical (unpaired) electrons. The second-order valence-electron chi connectivity index (χ2n) is 3.97. The monoisotopic (exact) mass is 234 g/mol. The molecule has 0 unspecified atom stereocenters. The van der Waals surface area contributed by atoms with Crippen molar-refractivity contribution in [2.75, 3.05) is 18.1 Å². The number of nitrogens with one attached hydrogen (secondary N) is 1. The van der Waals surface area contributed by atoms with Crippen LogP contribution in [0.5, 0.6) is 0 Å². The summed E-state index contributed by atoms with van der Waals surface area (Å²) in [6, 6.07) is 3.62. The number of anilines is 1. The van der Waals surface area contributed by atoms with Gasteiger partial charge in [-0.2, -0.15) is 17.0 Å². The van der Waals surface area contributed by atoms with Gasteiger partial charge in [-0.15, -0.1) is 0 Å². The van der Waals surface area contributed by atoms with E-state index in [-0.39, 0.29) is 0 Å². The SMILES string of the molecule is CSC1(CNc2nccc(C#N)n2)CCC1. The van der Waals surface area contributed by atoms with Crippen LogP contribution in [0.3, 0.4) is 0 Å². The lowest BCUT2D eigenvalue weighted by Gasteiger charge is -2.40. The summed E-state index contributed by atoms with van der Waals surface area (Å²) in [5, 5.41) is 11.9. The highest BCUT2D eigenvalue weighted by Crippen LogP contribution is 2.42. The van der Waals surface area contributed by atoms with Crippen molar-refractivity contribution in [2.24, 2.45) is 0 Å². The van der Waals surface area contributed by atoms with Crippen LogP contribution in [-0.2, 0) is 0 Å². The van der Waals surface area contributed by atoms with Crippen molar-refractivity contribution < 1.29 is 0 Å². The molecule has 1 aliphatic rings. The molecule has 1 saturated carbocycles. The van der Waals surface area contributed by atoms with E-state index in [1.165, 1.54) is 19.3 Å². The zero-order chi connectivity index (χ0) is 11.4. The van der Waals surface area contributed by atoms with E-state index in [0.29, 0.717) is 16.4 Å². The molecule has 1 fully saturated rings. The maximum absolute atomic E-state index is 8.72. The second kappa shape index (κ2) is 4.71. The molecule has 16 heavy (non-hydrogen) atoms. The third-order valence-corrected chi connectivity index (χ3v) is 4.46. The van der Waals surface area contributed by atoms with Gasteiger partial charge in [-0.05, 0) is 25.2 Å². The quantitative estimate of drug-likeness (QED) is 0.864. The van der Waals surface area contributed by atoms with Crippen LogP contribution in [0.4, 0.5) is 5.95 Å². The molecule has 0 aromatic carbocycles. The average molecular weight is 234 g/mol. The summed E-state index contributed by atoms with van der Waals surface area (Å²) in [7, 11) is 0. The Morgan fingerprint density at radius 3 is 3.00 bits per heavy atom. The van der Waals surface area contributed by atoms with Gasteiger partial charge in [0.2, 0.25) is 5.95 Å². The maximum atomic E-state index is 8.72. The molecular formula is C11H14N4S. The fourth-order valence-electron chi connectivity index (χ4n) is 1.77. The van der Waals surface area contributed by atoms with Crippen molar-refractivity contribution in [3.05, 3.63) is 18.0 Å². The molecule has 0 spiro atoms. The molecule has 0 amide bonds. The van der Waals surface area contributed by atoms with Crippen molar-refractivity contribution in [1.29, 1.82) is 5.26 Å². The van der Waals surface area contributed by atoms with Gasteiger partial charge in [0.15, 0.2) is 0 Å². The van der Waals surface area contributed by atoms with Crippen LogP contribution in [0.25, 0.3) is 0 Å². The van der Waals surface area contributed by atoms with Gasteiger partial charge in [0, 0.05) is 17.5 Å². The molecule has 1 aliphatic carbocycles. The number of thioether (sulfide) groups is 1. The van der Waals surface area contributed by atoms with Crippen LogP contribution in [-0.4, -0.2) is 27.5 Å². The highest BCUT2D eigenvalue weighted by atomic mass is 32.2. The van der Waals surface area contributed by atoms with Gasteiger partial charge in [0.05, 0.1) is 0 Å². The first kappa shape index (κ1) is 11.2. The van der Waals surface area contributed by atoms with Gasteiger partial charge in [-0.1, -0.05) is 6.42 Å². The summed E-state index contributed by atoms with van der Waals surface area (Å²) in [5.41, 5.74) is 0.407. The van der Waals surface area contributed by atoms with E-state index in [2.05, 4.69) is 21.5 Å². The molecule has 0 atom stereocenters. The van der Waals surface area contributed by atoms with Crippen LogP contribution in [0.1, 0.15) is 25.0 Å². The number of hydrogen-bond donors (Lipinski definition) is 1. The summed E-state index contributed by atoms with van der Waals surface area (Å²) in [4.78, 5) is 8.19. The minimum Gasteiger partial charge on any atom is -0.353 e. The van der Waals surface area contributed by atoms with Crippen molar-refractivity contribution >= 4 is 17.7 Å². The highest BCUT2D eigenvalue weighted by molar-refractivity contribution is 8.00. The Balaban J connectivity index is 1.96. The minimum atomic E-state index is 0.353. The van der Waals surface area contributed by atoms with Crippen LogP contribution in [0.15, 0.2) is 12.3 Å². The molecule has 1 aromatic rings. The molecule has 1 aromatic heterocycles. The largest absolute Gasteiger partial charge is 0.353 e. The summed E-state index contributed by atoms with van der Waals surface area (Å²) >= 11 is 1.91. The maximum Gasteiger partial charge on any atom is 0.223 e. The number of aromatic nitrogens is 2. The van der Waals surface area contributed by atoms with Crippen molar-refractivity contribution in [3.8, 4) is 6.07 Å². The molecule has 1 heterocycles. The summed E-state index contributed by atoms with van der Waals surface area (Å²) < 4.78 is 0.353. The van der Waals surface area contributed by atoms with E-state index in [1.807, 2.05) is 17.8 Å². The van der Waals surface area contributed by atoms with Gasteiger partial charge in [0.1, 0.15) is 11.8 Å². The Kier molecular flexibility index (Phi) is 3.30. The third kappa shape index (κ3) is 2.27. The molecular weight excluding hydrogens is 220 g/mol. The number of hydrogen-bond acceptors (Lipinski definition) is 5. The fraction of sp³-hybridized carbons (Fsp3) is 0.545. The first-order chi connectivity index (χ1) is 7.78. The molecule has 1 N–H and O–H groups in total. The molecule has 0 saturated heterocycles. The Labute approximate surface area is 99.5 Å². The predicted octanol–water partition coefficient (Wildman–Crippen LogP) is 2.05. The number of nitriles is 1. The fourth-order valence-corrected chi connectivity index (χ4v) is 2.68. The van der Waals surface area contributed by atoms with Gasteiger partial charge in [-0.3, -0.25) is 0 Å². The zero-order valence-electron chi connectivity index (χ0n) is 9.23. The molecule has 4 nitrogen and oxygen atoms in total. The lowest BCUT2D eigenvalue weighted by molar-refractivity contribution is 0.379. The van der Waals surface area contributed by atoms with Crippen molar-refractivity contribution in [2.45, 2.75) is 24.0 Å². The first-order valence-electron chi connectivity index (χ1n) is 5.30. The van der Waals surface area contributed by atoms with E-state index in [9.17, 15) is 0 Å². The van der Waals surface area contributed by atoms with Crippen LogP contribution >= 0.6 is 11.8 Å². The number of nitrogens with zero attached hydrogens (tertiary/aromatic N) is 3. The van der Waals surface area contributed by atoms with Crippen LogP contribution in [0, 0.1) is 11.3 Å². The second-order valence-corrected chi connectivity index (χ2v) is 5.25. The Bertz CT molecular complexity index is 403. The standard InChI is InChI=1S/C11H14N4S/c1-16-11(4-2-5-11)8-14-10-13-6-3-9(7-12)15-10/h3,6H,2,4-5,8H2,1H3,(H,13,14,15). The zero-order valence-corrected chi connectivity index (χ0v) is 10.0. The Morgan fingerprint density at radius 1 is 1.62 bits per heavy atom. The van der Waals surface area contributed by atoms with Gasteiger partial charge in [0.25, 0.3) is 0 Å². The van der Waals surface area contributed by atoms with Gasteiger partial charge >= 0.3 is 0 Å². The third-order valence-electron chi connectivity index (χ3n) is 3.04. The van der Waals surface area contributed by atoms with Gasteiger partial charge in [-0.25, -0.2) is 9.97 Å². The van der Waals surface area contributed by atoms with Crippen LogP contribution < -0.4 is 5.32 Å². The summed E-state index contributed by atoms with van der Waals surface area (Å²) in [5.74, 6) is 0.555. The molecule has 84 valence electrons. The smallest absolute Gasteiger partial charge is 0.223 e. The summed E-state index contributed by atoms with van der Waals surface area (Å²) in [6.07, 6.45) is 7.56. The van der Waals surface area contributed by atoms with Crippen LogP contribution in [0.2, 0.25) is 0 Å². The first-order valence-corrected chi connectivity index (χ1v) is 6.53. The molecule has 0 bridgehead atoms. The van der Waals surface area contributed by atoms with E-state index >= 15 is 0 Å². The van der Waals surface area contributed by atoms with E-state index in [0.717, 1.165) is 6.54 Å². The van der Waals surface area contributed by atoms with Crippen molar-refractivity contribution in [1.82, 2.24) is 9.97 Å². The normalized spacial score (nSPS) is 17.2. The topological polar surface area (TPSA) is 61.6 Å². The summed E-state index contributed by atoms with van der Waals surface area (Å²) in [6.45, 7) is 0.878. The Hall–Kier alpha value is -1.28. The number of rotatable bonds is 4. The van der Waals surface area contributed by atoms with E-state index < -0.39 is 0 Å². The van der Waals surface area contributed by atoms with E-state index in [4.69, 9.17) is 5.26 Å². The Morgan fingerprint density at radius 2 is 2.44 bits per heavy atom. The van der Waals surface area contributed by atoms with Gasteiger partial charge < -0.3 is 5.32 Å². The minimum absolute atomic E-state index is 0.353. The lowest BCUT2D eigenvalue weighted by atomic mass is 9.84. The highest BCUT2D eigenvalue weighted by Gasteiger charge is 2.35. The lowest BCUT2D eigenvalue weighted by Crippen LogP contribution is -2.40. The van der Waals surface area contributed by atoms with E-state index in [1.54, 1.807) is 12.3 Å². The average Bonchev–Trinajstić information content (AvgIpc) is 2.29. The molecule has 2 rings (SSSR count). The molecule has 5 heteroatoms.